The second-order valence-corrected chi connectivity index (χ2v) is 29.0. The monoisotopic (exact) mass is 1580 g/mol. The van der Waals surface area contributed by atoms with Gasteiger partial charge in [-0.1, -0.05) is 71.0 Å². The molecule has 0 spiro atoms. The predicted octanol–water partition coefficient (Wildman–Crippen LogP) is 5.83. The Morgan fingerprint density at radius 1 is 0.673 bits per heavy atom. The number of hydrogen-bond acceptors (Lipinski definition) is 23. The number of carbonyl (C=O) groups is 10. The number of amides is 9. The minimum absolute atomic E-state index is 0.0343. The molecule has 1 saturated heterocycles. The Labute approximate surface area is 653 Å². The van der Waals surface area contributed by atoms with Gasteiger partial charge < -0.3 is 96.6 Å². The van der Waals surface area contributed by atoms with Crippen LogP contribution in [0.25, 0.3) is 22.3 Å². The van der Waals surface area contributed by atoms with Crippen LogP contribution in [-0.2, 0) is 102 Å². The number of ether oxygens (including phenoxy) is 7. The SMILES string of the molecule is CCCNC(=O)Nc1cccc(S(=O)(=O)Nc2cccc(C(CC(=O)OCCCN)NC(=O)Nc3ccc(NC(=O)NCCOCCOCCOCCC(=O)NC(CC(=O)OCCCN)C(=O)N4CCCC4C(=O)NC(C(=O)OC4(CC)C(=O)OCc5c4cc4n(c5=O)Cc5c-4nc4ccccc4c5CC)C(C)C)cc3)c2)c1. The van der Waals surface area contributed by atoms with Crippen LogP contribution in [0.2, 0.25) is 0 Å². The number of para-hydroxylation sites is 1. The molecule has 5 atom stereocenters. The van der Waals surface area contributed by atoms with Crippen LogP contribution in [-0.4, -0.2) is 186 Å². The fourth-order valence-electron chi connectivity index (χ4n) is 13.1. The summed E-state index contributed by atoms with van der Waals surface area (Å²) in [5.74, 6) is -6.07. The maximum Gasteiger partial charge on any atom is 0.355 e. The van der Waals surface area contributed by atoms with Crippen molar-refractivity contribution in [3.8, 4) is 11.4 Å². The van der Waals surface area contributed by atoms with E-state index in [4.69, 9.17) is 49.6 Å². The number of nitrogens with two attached hydrogens (primary N) is 2. The first kappa shape index (κ1) is 85.9. The van der Waals surface area contributed by atoms with E-state index in [1.807, 2.05) is 38.1 Å². The smallest absolute Gasteiger partial charge is 0.355 e. The molecule has 9 rings (SSSR count). The number of fused-ring (bicyclic) bond motifs is 5. The molecule has 0 bridgehead atoms. The first-order chi connectivity index (χ1) is 54.4. The third-order valence-corrected chi connectivity index (χ3v) is 20.3. The van der Waals surface area contributed by atoms with E-state index in [1.165, 1.54) is 47.4 Å². The Bertz CT molecular complexity index is 4580. The van der Waals surface area contributed by atoms with Gasteiger partial charge in [-0.05, 0) is 142 Å². The zero-order chi connectivity index (χ0) is 81.2. The molecule has 608 valence electrons. The average Bonchev–Trinajstić information content (AvgIpc) is 1.63. The third-order valence-electron chi connectivity index (χ3n) is 18.9. The van der Waals surface area contributed by atoms with Crippen molar-refractivity contribution in [1.82, 2.24) is 41.0 Å². The Morgan fingerprint density at radius 3 is 1.98 bits per heavy atom. The summed E-state index contributed by atoms with van der Waals surface area (Å²) in [7, 11) is -4.19. The summed E-state index contributed by atoms with van der Waals surface area (Å²) in [6.45, 7) is 10.5. The zero-order valence-corrected chi connectivity index (χ0v) is 64.8. The number of carbonyl (C=O) groups excluding carboxylic acids is 10. The standard InChI is InChI=1S/C78H100N14O20S/c1-6-30-81-75(101)85-52-17-12-19-54(42-52)113(104,105)90-53-18-11-16-49(41-53)61(44-66(94)109-33-14-28-79)88-77(103)84-51-25-23-50(24-26-51)83-76(102)82-31-36-107-38-40-108-39-37-106-35-27-65(93)86-62(45-67(95)110-34-15-29-80)72(98)91-32-13-22-63(91)70(96)89-68(48(4)5)73(99)112-78(8-3)59-43-64-69-57(46-92(64)71(97)58(59)47-111-74(78)100)55(7-2)56-20-9-10-21-60(56)87-69/h9-12,16-21,23-26,41-43,48,61-63,68,90H,6-8,13-15,22,27-40,44-47,79-80H2,1-5H3,(H,86,93)(H,89,96)(H2,81,85,101)(H2,82,83,102)(H2,84,88,103). The van der Waals surface area contributed by atoms with Gasteiger partial charge in [0.15, 0.2) is 0 Å². The lowest BCUT2D eigenvalue weighted by Gasteiger charge is -2.37. The number of sulfonamides is 1. The number of anilines is 4. The fourth-order valence-corrected chi connectivity index (χ4v) is 14.2. The molecular weight excluding hydrogens is 1490 g/mol. The van der Waals surface area contributed by atoms with Crippen molar-refractivity contribution in [3.05, 3.63) is 141 Å². The molecule has 113 heavy (non-hydrogen) atoms. The topological polar surface area (TPSA) is 468 Å². The highest BCUT2D eigenvalue weighted by Crippen LogP contribution is 2.43. The van der Waals surface area contributed by atoms with Crippen molar-refractivity contribution in [2.75, 3.05) is 106 Å². The summed E-state index contributed by atoms with van der Waals surface area (Å²) in [6, 6.07) is 20.6. The molecule has 1 fully saturated rings. The van der Waals surface area contributed by atoms with Crippen molar-refractivity contribution < 1.29 is 89.5 Å². The number of cyclic esters (lactones) is 1. The fraction of sp³-hybridized carbons (Fsp3) is 0.462. The van der Waals surface area contributed by atoms with Crippen LogP contribution in [0, 0.1) is 5.92 Å². The van der Waals surface area contributed by atoms with Gasteiger partial charge in [0.05, 0.1) is 106 Å². The number of aryl methyl sites for hydroxylation is 1. The summed E-state index contributed by atoms with van der Waals surface area (Å²) < 4.78 is 70.4. The van der Waals surface area contributed by atoms with Crippen LogP contribution < -0.4 is 64.3 Å². The number of aromatic nitrogens is 2. The van der Waals surface area contributed by atoms with E-state index in [-0.39, 0.29) is 145 Å². The number of urea groups is 3. The molecule has 5 heterocycles. The molecule has 3 aliphatic heterocycles. The Morgan fingerprint density at radius 2 is 1.31 bits per heavy atom. The molecule has 2 aromatic heterocycles. The van der Waals surface area contributed by atoms with Gasteiger partial charge in [-0.3, -0.25) is 33.5 Å². The second kappa shape index (κ2) is 41.4. The van der Waals surface area contributed by atoms with Crippen molar-refractivity contribution in [3.63, 3.8) is 0 Å². The first-order valence-corrected chi connectivity index (χ1v) is 39.3. The lowest BCUT2D eigenvalue weighted by atomic mass is 9.85. The molecule has 13 N–H and O–H groups in total. The number of rotatable bonds is 41. The molecule has 6 aromatic rings. The van der Waals surface area contributed by atoms with Crippen molar-refractivity contribution >= 4 is 103 Å². The van der Waals surface area contributed by atoms with Gasteiger partial charge in [-0.25, -0.2) is 37.4 Å². The van der Waals surface area contributed by atoms with Crippen molar-refractivity contribution in [2.24, 2.45) is 17.4 Å². The highest BCUT2D eigenvalue weighted by molar-refractivity contribution is 7.92. The maximum atomic E-state index is 14.6. The van der Waals surface area contributed by atoms with Crippen molar-refractivity contribution in [1.29, 1.82) is 0 Å². The van der Waals surface area contributed by atoms with Gasteiger partial charge in [-0.15, -0.1) is 0 Å². The summed E-state index contributed by atoms with van der Waals surface area (Å²) in [5, 5.41) is 22.4. The van der Waals surface area contributed by atoms with Gasteiger partial charge in [0, 0.05) is 65.3 Å². The van der Waals surface area contributed by atoms with Gasteiger partial charge in [0.25, 0.3) is 15.6 Å². The number of nitrogens with one attached hydrogen (secondary N) is 9. The Hall–Kier alpha value is -11.1. The predicted molar refractivity (Wildman–Crippen MR) is 416 cm³/mol. The number of hydrogen-bond donors (Lipinski definition) is 11. The van der Waals surface area contributed by atoms with Crippen LogP contribution in [0.15, 0.2) is 113 Å². The van der Waals surface area contributed by atoms with Gasteiger partial charge in [0.2, 0.25) is 23.3 Å². The zero-order valence-electron chi connectivity index (χ0n) is 63.9. The highest BCUT2D eigenvalue weighted by Gasteiger charge is 2.52. The normalized spacial score (nSPS) is 15.6. The third kappa shape index (κ3) is 23.1. The first-order valence-electron chi connectivity index (χ1n) is 37.8. The molecule has 34 nitrogen and oxygen atoms in total. The van der Waals surface area contributed by atoms with Gasteiger partial charge in [-0.2, -0.15) is 0 Å². The summed E-state index contributed by atoms with van der Waals surface area (Å²) in [4.78, 5) is 156. The van der Waals surface area contributed by atoms with Crippen LogP contribution in [0.1, 0.15) is 126 Å². The average molecular weight is 1590 g/mol. The van der Waals surface area contributed by atoms with E-state index < -0.39 is 117 Å². The lowest BCUT2D eigenvalue weighted by Crippen LogP contribution is -2.57. The minimum atomic E-state index is -4.19. The lowest BCUT2D eigenvalue weighted by molar-refractivity contribution is -0.191. The number of nitrogens with zero attached hydrogens (tertiary/aromatic N) is 3. The highest BCUT2D eigenvalue weighted by atomic mass is 32.2. The molecule has 9 amide bonds. The quantitative estimate of drug-likeness (QED) is 0.0122. The number of benzene rings is 4. The van der Waals surface area contributed by atoms with E-state index in [0.29, 0.717) is 67.0 Å². The van der Waals surface area contributed by atoms with Gasteiger partial charge in [0.1, 0.15) is 24.7 Å². The van der Waals surface area contributed by atoms with E-state index in [9.17, 15) is 61.2 Å². The summed E-state index contributed by atoms with van der Waals surface area (Å²) in [5.41, 5.74) is 14.1. The molecule has 4 aromatic carbocycles. The molecular formula is C78H100N14O20S. The molecule has 5 unspecified atom stereocenters. The minimum Gasteiger partial charge on any atom is -0.466 e. The van der Waals surface area contributed by atoms with Gasteiger partial charge >= 0.3 is 42.0 Å². The van der Waals surface area contributed by atoms with E-state index in [0.717, 1.165) is 22.0 Å². The Kier molecular flexibility index (Phi) is 31.5. The van der Waals surface area contributed by atoms with E-state index in [2.05, 4.69) is 47.3 Å². The molecule has 0 saturated carbocycles. The number of likely N-dealkylation sites (tertiary alicyclic amines) is 1. The summed E-state index contributed by atoms with van der Waals surface area (Å²) in [6.07, 6.45) is 1.39. The second-order valence-electron chi connectivity index (χ2n) is 27.3. The summed E-state index contributed by atoms with van der Waals surface area (Å²) >= 11 is 0. The largest absolute Gasteiger partial charge is 0.466 e. The molecule has 0 radical (unpaired) electrons. The molecule has 3 aliphatic rings. The van der Waals surface area contributed by atoms with Crippen molar-refractivity contribution in [2.45, 2.75) is 147 Å². The van der Waals surface area contributed by atoms with E-state index >= 15 is 0 Å². The number of pyridine rings is 2. The van der Waals surface area contributed by atoms with Crippen LogP contribution in [0.5, 0.6) is 0 Å². The van der Waals surface area contributed by atoms with Crippen LogP contribution >= 0.6 is 0 Å². The molecule has 0 aliphatic carbocycles. The molecule has 35 heteroatoms. The van der Waals surface area contributed by atoms with Crippen LogP contribution in [0.3, 0.4) is 0 Å². The maximum absolute atomic E-state index is 14.6. The Balaban J connectivity index is 0.686. The van der Waals surface area contributed by atoms with Crippen LogP contribution in [0.4, 0.5) is 37.1 Å². The van der Waals surface area contributed by atoms with E-state index in [1.54, 1.807) is 61.7 Å². The number of esters is 4.